The molecule has 1 heterocycles. The summed E-state index contributed by atoms with van der Waals surface area (Å²) in [5, 5.41) is 0.0669. The normalized spacial score (nSPS) is 16.7. The van der Waals surface area contributed by atoms with Crippen molar-refractivity contribution in [1.82, 2.24) is 9.80 Å². The number of benzene rings is 2. The molecule has 0 aromatic heterocycles. The summed E-state index contributed by atoms with van der Waals surface area (Å²) in [6, 6.07) is 11.1. The Balaban J connectivity index is 1.34. The van der Waals surface area contributed by atoms with Gasteiger partial charge in [-0.25, -0.2) is 8.42 Å². The second-order valence-electron chi connectivity index (χ2n) is 8.01. The molecule has 2 aliphatic rings. The molecule has 0 spiro atoms. The highest BCUT2D eigenvalue weighted by molar-refractivity contribution is 7.93. The van der Waals surface area contributed by atoms with Gasteiger partial charge in [-0.1, -0.05) is 41.4 Å². The van der Waals surface area contributed by atoms with Crippen LogP contribution in [0, 0.1) is 5.92 Å². The minimum atomic E-state index is -3.96. The summed E-state index contributed by atoms with van der Waals surface area (Å²) >= 11 is 12.0. The Morgan fingerprint density at radius 1 is 0.906 bits per heavy atom. The number of nitrogens with zero attached hydrogens (tertiary/aromatic N) is 2. The second-order valence-corrected chi connectivity index (χ2v) is 10.4. The highest BCUT2D eigenvalue weighted by Gasteiger charge is 2.35. The Kier molecular flexibility index (Phi) is 6.65. The lowest BCUT2D eigenvalue weighted by molar-refractivity contribution is -0.140. The first-order valence-corrected chi connectivity index (χ1v) is 12.6. The van der Waals surface area contributed by atoms with Crippen LogP contribution in [0.1, 0.15) is 18.4 Å². The zero-order chi connectivity index (χ0) is 22.9. The molecule has 0 bridgehead atoms. The van der Waals surface area contributed by atoms with Crippen LogP contribution in [0.25, 0.3) is 0 Å². The molecular formula is C22H23Cl2N3O4S. The van der Waals surface area contributed by atoms with E-state index in [1.807, 2.05) is 4.90 Å². The topological polar surface area (TPSA) is 86.8 Å². The number of piperazine rings is 1. The summed E-state index contributed by atoms with van der Waals surface area (Å²) in [5.74, 6) is 0.398. The molecule has 1 N–H and O–H groups in total. The summed E-state index contributed by atoms with van der Waals surface area (Å²) in [6.45, 7) is 2.22. The van der Waals surface area contributed by atoms with E-state index in [-0.39, 0.29) is 39.1 Å². The average Bonchev–Trinajstić information content (AvgIpc) is 3.59. The van der Waals surface area contributed by atoms with Crippen molar-refractivity contribution in [2.75, 3.05) is 30.9 Å². The van der Waals surface area contributed by atoms with Crippen molar-refractivity contribution in [3.05, 3.63) is 58.1 Å². The molecule has 1 saturated heterocycles. The minimum absolute atomic E-state index is 0.0142. The van der Waals surface area contributed by atoms with Gasteiger partial charge in [-0.05, 0) is 42.7 Å². The van der Waals surface area contributed by atoms with Crippen LogP contribution in [0.4, 0.5) is 5.69 Å². The van der Waals surface area contributed by atoms with E-state index >= 15 is 0 Å². The third kappa shape index (κ3) is 5.19. The molecule has 2 amide bonds. The number of sulfonamides is 1. The molecule has 1 aliphatic carbocycles. The largest absolute Gasteiger partial charge is 0.339 e. The Hall–Kier alpha value is -2.29. The third-order valence-corrected chi connectivity index (χ3v) is 7.96. The van der Waals surface area contributed by atoms with E-state index in [2.05, 4.69) is 4.72 Å². The van der Waals surface area contributed by atoms with E-state index in [0.717, 1.165) is 18.4 Å². The Labute approximate surface area is 197 Å². The fourth-order valence-electron chi connectivity index (χ4n) is 3.69. The van der Waals surface area contributed by atoms with Crippen LogP contribution in [0.2, 0.25) is 10.0 Å². The zero-order valence-electron chi connectivity index (χ0n) is 17.3. The van der Waals surface area contributed by atoms with Crippen LogP contribution in [-0.4, -0.2) is 56.2 Å². The number of anilines is 1. The fourth-order valence-corrected chi connectivity index (χ4v) is 5.89. The Morgan fingerprint density at radius 3 is 2.03 bits per heavy atom. The lowest BCUT2D eigenvalue weighted by Gasteiger charge is -2.35. The third-order valence-electron chi connectivity index (χ3n) is 5.62. The number of halogens is 2. The summed E-state index contributed by atoms with van der Waals surface area (Å²) < 4.78 is 27.8. The van der Waals surface area contributed by atoms with Gasteiger partial charge in [-0.3, -0.25) is 14.3 Å². The number of rotatable bonds is 6. The summed E-state index contributed by atoms with van der Waals surface area (Å²) in [6.07, 6.45) is 2.17. The van der Waals surface area contributed by atoms with Gasteiger partial charge in [0, 0.05) is 37.8 Å². The highest BCUT2D eigenvalue weighted by Crippen LogP contribution is 2.32. The predicted octanol–water partition coefficient (Wildman–Crippen LogP) is 3.42. The van der Waals surface area contributed by atoms with Crippen molar-refractivity contribution in [2.45, 2.75) is 24.2 Å². The van der Waals surface area contributed by atoms with Crippen molar-refractivity contribution >= 4 is 50.7 Å². The zero-order valence-corrected chi connectivity index (χ0v) is 19.6. The molecule has 2 aromatic rings. The van der Waals surface area contributed by atoms with Gasteiger partial charge in [0.25, 0.3) is 10.0 Å². The number of hydrogen-bond acceptors (Lipinski definition) is 4. The molecule has 10 heteroatoms. The van der Waals surface area contributed by atoms with Crippen molar-refractivity contribution < 1.29 is 18.0 Å². The van der Waals surface area contributed by atoms with E-state index in [9.17, 15) is 18.0 Å². The molecule has 4 rings (SSSR count). The van der Waals surface area contributed by atoms with Crippen LogP contribution >= 0.6 is 23.2 Å². The van der Waals surface area contributed by atoms with Crippen LogP contribution in [0.15, 0.2) is 47.4 Å². The van der Waals surface area contributed by atoms with Gasteiger partial charge in [0.05, 0.1) is 16.5 Å². The lowest BCUT2D eigenvalue weighted by atomic mass is 10.1. The second kappa shape index (κ2) is 9.29. The number of nitrogens with one attached hydrogen (secondary N) is 1. The molecule has 170 valence electrons. The number of carbonyl (C=O) groups is 2. The average molecular weight is 496 g/mol. The summed E-state index contributed by atoms with van der Waals surface area (Å²) in [5.41, 5.74) is 1.11. The van der Waals surface area contributed by atoms with Crippen molar-refractivity contribution in [3.63, 3.8) is 0 Å². The van der Waals surface area contributed by atoms with Crippen LogP contribution in [-0.2, 0) is 26.0 Å². The monoisotopic (exact) mass is 495 g/mol. The van der Waals surface area contributed by atoms with E-state index in [4.69, 9.17) is 23.2 Å². The summed E-state index contributed by atoms with van der Waals surface area (Å²) in [4.78, 5) is 28.2. The maximum Gasteiger partial charge on any atom is 0.264 e. The molecule has 32 heavy (non-hydrogen) atoms. The standard InChI is InChI=1S/C22H23Cl2N3O4S/c23-18-2-1-3-19(24)21(18)32(30,31)25-17-8-4-15(5-9-17)14-20(28)26-10-12-27(13-11-26)22(29)16-6-7-16/h1-5,8-9,16,25H,6-7,10-14H2. The van der Waals surface area contributed by atoms with E-state index < -0.39 is 10.0 Å². The molecule has 2 aromatic carbocycles. The quantitative estimate of drug-likeness (QED) is 0.664. The highest BCUT2D eigenvalue weighted by atomic mass is 35.5. The molecular weight excluding hydrogens is 473 g/mol. The molecule has 7 nitrogen and oxygen atoms in total. The molecule has 0 unspecified atom stereocenters. The smallest absolute Gasteiger partial charge is 0.264 e. The van der Waals surface area contributed by atoms with Gasteiger partial charge in [0.15, 0.2) is 0 Å². The minimum Gasteiger partial charge on any atom is -0.339 e. The molecule has 2 fully saturated rings. The van der Waals surface area contributed by atoms with Gasteiger partial charge in [-0.2, -0.15) is 0 Å². The maximum absolute atomic E-state index is 12.7. The maximum atomic E-state index is 12.7. The van der Waals surface area contributed by atoms with Crippen LogP contribution < -0.4 is 4.72 Å². The molecule has 0 atom stereocenters. The van der Waals surface area contributed by atoms with Crippen LogP contribution in [0.5, 0.6) is 0 Å². The fraction of sp³-hybridized carbons (Fsp3) is 0.364. The van der Waals surface area contributed by atoms with E-state index in [0.29, 0.717) is 31.9 Å². The van der Waals surface area contributed by atoms with Crippen molar-refractivity contribution in [1.29, 1.82) is 0 Å². The first kappa shape index (κ1) is 22.9. The van der Waals surface area contributed by atoms with Gasteiger partial charge >= 0.3 is 0 Å². The van der Waals surface area contributed by atoms with Crippen LogP contribution in [0.3, 0.4) is 0 Å². The molecule has 1 aliphatic heterocycles. The number of carbonyl (C=O) groups excluding carboxylic acids is 2. The Morgan fingerprint density at radius 2 is 1.47 bits per heavy atom. The Bertz CT molecular complexity index is 1110. The van der Waals surface area contributed by atoms with Gasteiger partial charge in [0.2, 0.25) is 11.8 Å². The van der Waals surface area contributed by atoms with Gasteiger partial charge in [0.1, 0.15) is 4.90 Å². The molecule has 0 radical (unpaired) electrons. The number of hydrogen-bond donors (Lipinski definition) is 1. The summed E-state index contributed by atoms with van der Waals surface area (Å²) in [7, 11) is -3.96. The van der Waals surface area contributed by atoms with Crippen molar-refractivity contribution in [3.8, 4) is 0 Å². The first-order chi connectivity index (χ1) is 15.2. The first-order valence-electron chi connectivity index (χ1n) is 10.4. The number of amides is 2. The molecule has 1 saturated carbocycles. The van der Waals surface area contributed by atoms with Gasteiger partial charge < -0.3 is 9.80 Å². The lowest BCUT2D eigenvalue weighted by Crippen LogP contribution is -2.51. The van der Waals surface area contributed by atoms with Crippen molar-refractivity contribution in [2.24, 2.45) is 5.92 Å². The van der Waals surface area contributed by atoms with Gasteiger partial charge in [-0.15, -0.1) is 0 Å². The van der Waals surface area contributed by atoms with E-state index in [1.165, 1.54) is 12.1 Å². The SMILES string of the molecule is O=C(Cc1ccc(NS(=O)(=O)c2c(Cl)cccc2Cl)cc1)N1CCN(C(=O)C2CC2)CC1. The van der Waals surface area contributed by atoms with E-state index in [1.54, 1.807) is 35.2 Å². The predicted molar refractivity (Wildman–Crippen MR) is 123 cm³/mol.